The molecule has 1 aromatic rings. The van der Waals surface area contributed by atoms with Crippen molar-refractivity contribution in [3.8, 4) is 0 Å². The van der Waals surface area contributed by atoms with Crippen molar-refractivity contribution in [1.29, 1.82) is 0 Å². The molecule has 0 radical (unpaired) electrons. The molecule has 0 bridgehead atoms. The summed E-state index contributed by atoms with van der Waals surface area (Å²) in [4.78, 5) is 0. The first kappa shape index (κ1) is 5.57. The standard InChI is InChI=1S/C4H8N3P/c1-7-4(6-8)2-3-5-7/h2-3,6H,8H2,1H3. The summed E-state index contributed by atoms with van der Waals surface area (Å²) < 4.78 is 1.76. The first-order valence-electron chi connectivity index (χ1n) is 2.29. The zero-order chi connectivity index (χ0) is 5.98. The summed E-state index contributed by atoms with van der Waals surface area (Å²) in [5.41, 5.74) is 0. The van der Waals surface area contributed by atoms with E-state index >= 15 is 0 Å². The molecule has 1 N–H and O–H groups in total. The van der Waals surface area contributed by atoms with Gasteiger partial charge in [0, 0.05) is 13.1 Å². The molecule has 1 heterocycles. The summed E-state index contributed by atoms with van der Waals surface area (Å²) in [6, 6.07) is 1.90. The second-order valence-corrected chi connectivity index (χ2v) is 1.77. The van der Waals surface area contributed by atoms with Gasteiger partial charge in [0.1, 0.15) is 5.82 Å². The second kappa shape index (κ2) is 2.14. The zero-order valence-electron chi connectivity index (χ0n) is 4.63. The molecular weight excluding hydrogens is 121 g/mol. The number of rotatable bonds is 1. The Morgan fingerprint density at radius 2 is 2.62 bits per heavy atom. The molecular formula is C4H8N3P. The van der Waals surface area contributed by atoms with E-state index in [1.165, 1.54) is 0 Å². The van der Waals surface area contributed by atoms with Crippen molar-refractivity contribution < 1.29 is 0 Å². The van der Waals surface area contributed by atoms with Gasteiger partial charge in [0.05, 0.1) is 6.20 Å². The molecule has 0 saturated carbocycles. The largest absolute Gasteiger partial charge is 0.355 e. The SMILES string of the molecule is Cn1nccc1NP. The quantitative estimate of drug-likeness (QED) is 0.563. The van der Waals surface area contributed by atoms with Crippen LogP contribution in [0.25, 0.3) is 0 Å². The lowest BCUT2D eigenvalue weighted by Gasteiger charge is -1.95. The van der Waals surface area contributed by atoms with E-state index in [1.54, 1.807) is 10.9 Å². The fraction of sp³-hybridized carbons (Fsp3) is 0.250. The van der Waals surface area contributed by atoms with E-state index in [2.05, 4.69) is 19.6 Å². The molecule has 0 aliphatic rings. The minimum Gasteiger partial charge on any atom is -0.355 e. The summed E-state index contributed by atoms with van der Waals surface area (Å²) in [5, 5.41) is 6.82. The summed E-state index contributed by atoms with van der Waals surface area (Å²) in [5.74, 6) is 0.995. The predicted octanol–water partition coefficient (Wildman–Crippen LogP) is 0.622. The average Bonchev–Trinajstić information content (AvgIpc) is 2.14. The highest BCUT2D eigenvalue weighted by molar-refractivity contribution is 7.18. The number of anilines is 1. The summed E-state index contributed by atoms with van der Waals surface area (Å²) in [6.45, 7) is 0. The molecule has 4 heteroatoms. The van der Waals surface area contributed by atoms with Crippen LogP contribution in [0, 0.1) is 0 Å². The Morgan fingerprint density at radius 3 is 2.88 bits per heavy atom. The molecule has 0 saturated heterocycles. The number of nitrogens with one attached hydrogen (secondary N) is 1. The van der Waals surface area contributed by atoms with Crippen LogP contribution < -0.4 is 5.09 Å². The van der Waals surface area contributed by atoms with Crippen molar-refractivity contribution in [2.24, 2.45) is 7.05 Å². The lowest BCUT2D eigenvalue weighted by Crippen LogP contribution is -1.93. The minimum atomic E-state index is 0.995. The van der Waals surface area contributed by atoms with E-state index < -0.39 is 0 Å². The smallest absolute Gasteiger partial charge is 0.126 e. The van der Waals surface area contributed by atoms with Gasteiger partial charge in [0.2, 0.25) is 0 Å². The van der Waals surface area contributed by atoms with E-state index in [1.807, 2.05) is 13.1 Å². The van der Waals surface area contributed by atoms with Crippen LogP contribution in [0.15, 0.2) is 12.3 Å². The lowest BCUT2D eigenvalue weighted by atomic mass is 10.7. The molecule has 0 spiro atoms. The monoisotopic (exact) mass is 129 g/mol. The van der Waals surface area contributed by atoms with E-state index in [9.17, 15) is 0 Å². The molecule has 44 valence electrons. The van der Waals surface area contributed by atoms with Crippen molar-refractivity contribution in [1.82, 2.24) is 9.78 Å². The Labute approximate surface area is 50.3 Å². The number of aromatic nitrogens is 2. The number of hydrogen-bond donors (Lipinski definition) is 1. The Kier molecular flexibility index (Phi) is 1.49. The van der Waals surface area contributed by atoms with Crippen molar-refractivity contribution in [2.45, 2.75) is 0 Å². The van der Waals surface area contributed by atoms with E-state index in [0.29, 0.717) is 0 Å². The predicted molar refractivity (Wildman–Crippen MR) is 36.5 cm³/mol. The van der Waals surface area contributed by atoms with Crippen LogP contribution >= 0.6 is 9.39 Å². The number of hydrogen-bond acceptors (Lipinski definition) is 2. The molecule has 8 heavy (non-hydrogen) atoms. The van der Waals surface area contributed by atoms with Crippen LogP contribution in [0.1, 0.15) is 0 Å². The maximum atomic E-state index is 3.93. The third kappa shape index (κ3) is 0.819. The van der Waals surface area contributed by atoms with Crippen molar-refractivity contribution in [2.75, 3.05) is 5.09 Å². The molecule has 0 fully saturated rings. The number of aryl methyl sites for hydroxylation is 1. The fourth-order valence-electron chi connectivity index (χ4n) is 0.516. The van der Waals surface area contributed by atoms with Crippen LogP contribution in [-0.2, 0) is 7.05 Å². The summed E-state index contributed by atoms with van der Waals surface area (Å²) in [7, 11) is 4.29. The van der Waals surface area contributed by atoms with E-state index in [4.69, 9.17) is 0 Å². The molecule has 0 aliphatic heterocycles. The van der Waals surface area contributed by atoms with Crippen LogP contribution in [0.4, 0.5) is 5.82 Å². The van der Waals surface area contributed by atoms with Gasteiger partial charge in [-0.3, -0.25) is 4.68 Å². The molecule has 1 atom stereocenters. The van der Waals surface area contributed by atoms with Gasteiger partial charge in [0.15, 0.2) is 0 Å². The zero-order valence-corrected chi connectivity index (χ0v) is 5.78. The van der Waals surface area contributed by atoms with Gasteiger partial charge < -0.3 is 5.09 Å². The third-order valence-corrected chi connectivity index (χ3v) is 1.26. The molecule has 1 unspecified atom stereocenters. The van der Waals surface area contributed by atoms with Crippen LogP contribution in [-0.4, -0.2) is 9.78 Å². The highest BCUT2D eigenvalue weighted by Gasteiger charge is 1.89. The van der Waals surface area contributed by atoms with Crippen LogP contribution in [0.2, 0.25) is 0 Å². The summed E-state index contributed by atoms with van der Waals surface area (Å²) >= 11 is 0. The van der Waals surface area contributed by atoms with Gasteiger partial charge in [-0.2, -0.15) is 5.10 Å². The van der Waals surface area contributed by atoms with Gasteiger partial charge >= 0.3 is 0 Å². The van der Waals surface area contributed by atoms with Crippen LogP contribution in [0.3, 0.4) is 0 Å². The Hall–Kier alpha value is -0.560. The highest BCUT2D eigenvalue weighted by atomic mass is 31.0. The van der Waals surface area contributed by atoms with Gasteiger partial charge in [-0.05, 0) is 9.39 Å². The Bertz CT molecular complexity index is 172. The average molecular weight is 129 g/mol. The summed E-state index contributed by atoms with van der Waals surface area (Å²) in [6.07, 6.45) is 1.74. The first-order valence-corrected chi connectivity index (χ1v) is 2.87. The Morgan fingerprint density at radius 1 is 1.88 bits per heavy atom. The molecule has 3 nitrogen and oxygen atoms in total. The normalized spacial score (nSPS) is 9.25. The first-order chi connectivity index (χ1) is 3.84. The Balaban J connectivity index is 2.92. The maximum Gasteiger partial charge on any atom is 0.126 e. The fourth-order valence-corrected chi connectivity index (χ4v) is 0.799. The second-order valence-electron chi connectivity index (χ2n) is 1.48. The third-order valence-electron chi connectivity index (χ3n) is 0.969. The minimum absolute atomic E-state index is 0.995. The number of nitrogens with zero attached hydrogens (tertiary/aromatic N) is 2. The van der Waals surface area contributed by atoms with Crippen molar-refractivity contribution in [3.63, 3.8) is 0 Å². The molecule has 0 aliphatic carbocycles. The van der Waals surface area contributed by atoms with Crippen molar-refractivity contribution in [3.05, 3.63) is 12.3 Å². The van der Waals surface area contributed by atoms with Crippen LogP contribution in [0.5, 0.6) is 0 Å². The van der Waals surface area contributed by atoms with Gasteiger partial charge in [-0.25, -0.2) is 0 Å². The van der Waals surface area contributed by atoms with E-state index in [-0.39, 0.29) is 0 Å². The topological polar surface area (TPSA) is 29.9 Å². The van der Waals surface area contributed by atoms with Crippen molar-refractivity contribution >= 4 is 15.2 Å². The highest BCUT2D eigenvalue weighted by Crippen LogP contribution is 2.04. The lowest BCUT2D eigenvalue weighted by molar-refractivity contribution is 0.779. The van der Waals surface area contributed by atoms with Gasteiger partial charge in [-0.1, -0.05) is 0 Å². The van der Waals surface area contributed by atoms with Gasteiger partial charge in [0.25, 0.3) is 0 Å². The molecule has 0 aromatic carbocycles. The van der Waals surface area contributed by atoms with Gasteiger partial charge in [-0.15, -0.1) is 0 Å². The maximum absolute atomic E-state index is 3.93. The van der Waals surface area contributed by atoms with E-state index in [0.717, 1.165) is 5.82 Å². The molecule has 1 rings (SSSR count). The molecule has 1 aromatic heterocycles. The molecule has 0 amide bonds.